The number of aliphatic hydroxyl groups excluding tert-OH is 1. The van der Waals surface area contributed by atoms with E-state index in [1.54, 1.807) is 24.3 Å². The van der Waals surface area contributed by atoms with Crippen molar-refractivity contribution < 1.29 is 19.0 Å². The monoisotopic (exact) mass is 358 g/mol. The number of ether oxygens (including phenoxy) is 2. The molecule has 0 saturated carbocycles. The lowest BCUT2D eigenvalue weighted by atomic mass is 10.2. The summed E-state index contributed by atoms with van der Waals surface area (Å²) in [5, 5.41) is 10.4. The number of fused-ring (bicyclic) bond motifs is 1. The van der Waals surface area contributed by atoms with Gasteiger partial charge in [0.15, 0.2) is 0 Å². The highest BCUT2D eigenvalue weighted by Crippen LogP contribution is 2.17. The van der Waals surface area contributed by atoms with Crippen molar-refractivity contribution in [2.24, 2.45) is 0 Å². The first kappa shape index (κ1) is 17.9. The van der Waals surface area contributed by atoms with Crippen LogP contribution in [-0.4, -0.2) is 34.0 Å². The van der Waals surface area contributed by atoms with Gasteiger partial charge in [0, 0.05) is 6.07 Å². The van der Waals surface area contributed by atoms with Crippen molar-refractivity contribution >= 4 is 10.9 Å². The molecule has 2 aromatic carbocycles. The molecule has 0 amide bonds. The molecule has 26 heavy (non-hydrogen) atoms. The zero-order chi connectivity index (χ0) is 18.5. The molecule has 0 bridgehead atoms. The second-order valence-electron chi connectivity index (χ2n) is 5.73. The van der Waals surface area contributed by atoms with E-state index in [1.807, 2.05) is 6.92 Å². The third-order valence-electron chi connectivity index (χ3n) is 3.77. The van der Waals surface area contributed by atoms with Crippen LogP contribution in [0.1, 0.15) is 6.92 Å². The van der Waals surface area contributed by atoms with Gasteiger partial charge in [-0.3, -0.25) is 9.36 Å². The number of hydrogen-bond donors (Lipinski definition) is 1. The van der Waals surface area contributed by atoms with Crippen LogP contribution in [0.4, 0.5) is 4.39 Å². The second-order valence-corrected chi connectivity index (χ2v) is 5.73. The molecule has 1 unspecified atom stereocenters. The Morgan fingerprint density at radius 1 is 1.15 bits per heavy atom. The lowest BCUT2D eigenvalue weighted by Crippen LogP contribution is -2.30. The molecule has 0 fully saturated rings. The van der Waals surface area contributed by atoms with Gasteiger partial charge in [-0.1, -0.05) is 0 Å². The Bertz CT molecular complexity index is 940. The minimum Gasteiger partial charge on any atom is -0.494 e. The minimum atomic E-state index is -0.904. The molecule has 1 aromatic heterocycles. The first-order chi connectivity index (χ1) is 12.6. The van der Waals surface area contributed by atoms with Crippen molar-refractivity contribution in [3.63, 3.8) is 0 Å². The van der Waals surface area contributed by atoms with E-state index in [4.69, 9.17) is 9.47 Å². The van der Waals surface area contributed by atoms with E-state index in [-0.39, 0.29) is 24.2 Å². The molecule has 0 aliphatic heterocycles. The Balaban J connectivity index is 1.63. The molecule has 0 radical (unpaired) electrons. The first-order valence-corrected chi connectivity index (χ1v) is 8.25. The third-order valence-corrected chi connectivity index (χ3v) is 3.77. The Kier molecular flexibility index (Phi) is 5.48. The molecule has 1 heterocycles. The minimum absolute atomic E-state index is 0.0158. The van der Waals surface area contributed by atoms with Crippen molar-refractivity contribution in [1.29, 1.82) is 0 Å². The zero-order valence-electron chi connectivity index (χ0n) is 14.3. The van der Waals surface area contributed by atoms with Crippen LogP contribution in [0.15, 0.2) is 53.6 Å². The Hall–Kier alpha value is -2.93. The van der Waals surface area contributed by atoms with Crippen LogP contribution in [0.25, 0.3) is 10.9 Å². The number of hydrogen-bond acceptors (Lipinski definition) is 5. The quantitative estimate of drug-likeness (QED) is 0.702. The predicted molar refractivity (Wildman–Crippen MR) is 95.1 cm³/mol. The van der Waals surface area contributed by atoms with Gasteiger partial charge in [-0.15, -0.1) is 0 Å². The average Bonchev–Trinajstić information content (AvgIpc) is 2.64. The third kappa shape index (κ3) is 4.18. The van der Waals surface area contributed by atoms with E-state index < -0.39 is 11.9 Å². The molecule has 3 aromatic rings. The first-order valence-electron chi connectivity index (χ1n) is 8.25. The highest BCUT2D eigenvalue weighted by Gasteiger charge is 2.11. The van der Waals surface area contributed by atoms with Gasteiger partial charge in [0.2, 0.25) is 0 Å². The molecular formula is C19H19FN2O4. The lowest BCUT2D eigenvalue weighted by Gasteiger charge is -2.14. The molecule has 0 aliphatic carbocycles. The van der Waals surface area contributed by atoms with Gasteiger partial charge in [0.05, 0.1) is 30.4 Å². The van der Waals surface area contributed by atoms with E-state index in [2.05, 4.69) is 4.98 Å². The standard InChI is InChI=1S/C19H19FN2O4/c1-2-25-15-4-6-16(7-5-15)26-11-14(23)10-22-12-21-18-9-13(20)3-8-17(18)19(22)24/h3-9,12,14,23H,2,10-11H2,1H3. The van der Waals surface area contributed by atoms with E-state index in [9.17, 15) is 14.3 Å². The van der Waals surface area contributed by atoms with Crippen LogP contribution in [0.5, 0.6) is 11.5 Å². The van der Waals surface area contributed by atoms with E-state index in [0.29, 0.717) is 17.7 Å². The summed E-state index contributed by atoms with van der Waals surface area (Å²) in [6.45, 7) is 2.53. The molecular weight excluding hydrogens is 339 g/mol. The summed E-state index contributed by atoms with van der Waals surface area (Å²) in [4.78, 5) is 16.4. The summed E-state index contributed by atoms with van der Waals surface area (Å²) in [6, 6.07) is 10.9. The fourth-order valence-electron chi connectivity index (χ4n) is 2.53. The van der Waals surface area contributed by atoms with Gasteiger partial charge in [-0.2, -0.15) is 0 Å². The summed E-state index contributed by atoms with van der Waals surface area (Å²) in [5.74, 6) is 0.878. The van der Waals surface area contributed by atoms with Gasteiger partial charge in [0.1, 0.15) is 30.0 Å². The fourth-order valence-corrected chi connectivity index (χ4v) is 2.53. The number of benzene rings is 2. The SMILES string of the molecule is CCOc1ccc(OCC(O)Cn2cnc3cc(F)ccc3c2=O)cc1. The second kappa shape index (κ2) is 7.97. The summed E-state index contributed by atoms with van der Waals surface area (Å²) >= 11 is 0. The lowest BCUT2D eigenvalue weighted by molar-refractivity contribution is 0.0914. The van der Waals surface area contributed by atoms with Crippen LogP contribution >= 0.6 is 0 Å². The maximum atomic E-state index is 13.2. The topological polar surface area (TPSA) is 73.6 Å². The smallest absolute Gasteiger partial charge is 0.261 e. The summed E-state index contributed by atoms with van der Waals surface area (Å²) < 4.78 is 25.4. The maximum absolute atomic E-state index is 13.2. The van der Waals surface area contributed by atoms with Gasteiger partial charge in [0.25, 0.3) is 5.56 Å². The van der Waals surface area contributed by atoms with Gasteiger partial charge < -0.3 is 14.6 Å². The molecule has 0 spiro atoms. The van der Waals surface area contributed by atoms with Crippen LogP contribution < -0.4 is 15.0 Å². The zero-order valence-corrected chi connectivity index (χ0v) is 14.3. The van der Waals surface area contributed by atoms with E-state index >= 15 is 0 Å². The normalized spacial score (nSPS) is 12.1. The van der Waals surface area contributed by atoms with Gasteiger partial charge in [-0.05, 0) is 43.3 Å². The predicted octanol–water partition coefficient (Wildman–Crippen LogP) is 2.37. The van der Waals surface area contributed by atoms with E-state index in [1.165, 1.54) is 29.1 Å². The molecule has 7 heteroatoms. The maximum Gasteiger partial charge on any atom is 0.261 e. The van der Waals surface area contributed by atoms with Crippen molar-refractivity contribution in [1.82, 2.24) is 9.55 Å². The average molecular weight is 358 g/mol. The molecule has 0 aliphatic rings. The van der Waals surface area contributed by atoms with Crippen molar-refractivity contribution in [3.8, 4) is 11.5 Å². The van der Waals surface area contributed by atoms with Gasteiger partial charge in [-0.25, -0.2) is 9.37 Å². The summed E-state index contributed by atoms with van der Waals surface area (Å²) in [7, 11) is 0. The summed E-state index contributed by atoms with van der Waals surface area (Å²) in [5.41, 5.74) is -0.0542. The Morgan fingerprint density at radius 2 is 1.85 bits per heavy atom. The van der Waals surface area contributed by atoms with Crippen LogP contribution in [0.3, 0.4) is 0 Å². The molecule has 0 saturated heterocycles. The van der Waals surface area contributed by atoms with Crippen molar-refractivity contribution in [2.75, 3.05) is 13.2 Å². The molecule has 1 atom stereocenters. The molecule has 3 rings (SSSR count). The van der Waals surface area contributed by atoms with Gasteiger partial charge >= 0.3 is 0 Å². The van der Waals surface area contributed by atoms with Crippen molar-refractivity contribution in [3.05, 3.63) is 65.0 Å². The van der Waals surface area contributed by atoms with Crippen LogP contribution in [0, 0.1) is 5.82 Å². The highest BCUT2D eigenvalue weighted by molar-refractivity contribution is 5.77. The number of nitrogens with zero attached hydrogens (tertiary/aromatic N) is 2. The Labute approximate surface area is 149 Å². The van der Waals surface area contributed by atoms with Crippen LogP contribution in [0.2, 0.25) is 0 Å². The van der Waals surface area contributed by atoms with Crippen molar-refractivity contribution in [2.45, 2.75) is 19.6 Å². The molecule has 136 valence electrons. The number of rotatable bonds is 7. The highest BCUT2D eigenvalue weighted by atomic mass is 19.1. The largest absolute Gasteiger partial charge is 0.494 e. The molecule has 1 N–H and O–H groups in total. The number of halogens is 1. The Morgan fingerprint density at radius 3 is 2.54 bits per heavy atom. The van der Waals surface area contributed by atoms with Crippen LogP contribution in [-0.2, 0) is 6.54 Å². The van der Waals surface area contributed by atoms with E-state index in [0.717, 1.165) is 5.75 Å². The molecule has 6 nitrogen and oxygen atoms in total. The number of aliphatic hydroxyl groups is 1. The fraction of sp³-hybridized carbons (Fsp3) is 0.263. The summed E-state index contributed by atoms with van der Waals surface area (Å²) in [6.07, 6.45) is 0.392. The number of aromatic nitrogens is 2.